The zero-order valence-electron chi connectivity index (χ0n) is 12.2. The minimum atomic E-state index is 0.230. The average molecular weight is 244 g/mol. The topological polar surface area (TPSA) is 38.5 Å². The molecule has 17 heavy (non-hydrogen) atoms. The summed E-state index contributed by atoms with van der Waals surface area (Å²) in [6, 6.07) is 0.668. The van der Waals surface area contributed by atoms with E-state index in [-0.39, 0.29) is 6.10 Å². The molecule has 0 bridgehead atoms. The van der Waals surface area contributed by atoms with Crippen LogP contribution in [0.2, 0.25) is 0 Å². The maximum Gasteiger partial charge on any atom is 0.0709 e. The van der Waals surface area contributed by atoms with Crippen molar-refractivity contribution in [1.29, 1.82) is 0 Å². The van der Waals surface area contributed by atoms with Crippen molar-refractivity contribution in [3.8, 4) is 0 Å². The Hall–Kier alpha value is -0.120. The second kappa shape index (κ2) is 11.0. The van der Waals surface area contributed by atoms with E-state index in [1.165, 1.54) is 25.8 Å². The predicted octanol–water partition coefficient (Wildman–Crippen LogP) is 2.64. The van der Waals surface area contributed by atoms with E-state index in [0.717, 1.165) is 19.6 Å². The van der Waals surface area contributed by atoms with E-state index >= 15 is 0 Å². The normalized spacial score (nSPS) is 15.2. The Balaban J connectivity index is 4.03. The van der Waals surface area contributed by atoms with Gasteiger partial charge in [-0.15, -0.1) is 0 Å². The van der Waals surface area contributed by atoms with Gasteiger partial charge in [0.25, 0.3) is 0 Å². The Morgan fingerprint density at radius 2 is 1.88 bits per heavy atom. The molecular weight excluding hydrogens is 212 g/mol. The van der Waals surface area contributed by atoms with E-state index in [4.69, 9.17) is 10.5 Å². The van der Waals surface area contributed by atoms with Gasteiger partial charge >= 0.3 is 0 Å². The molecule has 0 fully saturated rings. The smallest absolute Gasteiger partial charge is 0.0709 e. The summed E-state index contributed by atoms with van der Waals surface area (Å²) in [6.45, 7) is 12.6. The van der Waals surface area contributed by atoms with Crippen molar-refractivity contribution in [2.75, 3.05) is 26.2 Å². The predicted molar refractivity (Wildman–Crippen MR) is 75.3 cm³/mol. The van der Waals surface area contributed by atoms with Crippen molar-refractivity contribution < 1.29 is 4.74 Å². The van der Waals surface area contributed by atoms with Crippen LogP contribution in [0.25, 0.3) is 0 Å². The summed E-state index contributed by atoms with van der Waals surface area (Å²) < 4.78 is 5.61. The number of hydrogen-bond donors (Lipinski definition) is 1. The first-order valence-electron chi connectivity index (χ1n) is 7.25. The van der Waals surface area contributed by atoms with E-state index in [0.29, 0.717) is 12.6 Å². The van der Waals surface area contributed by atoms with Gasteiger partial charge in [-0.1, -0.05) is 20.3 Å². The van der Waals surface area contributed by atoms with Crippen LogP contribution in [0.15, 0.2) is 0 Å². The van der Waals surface area contributed by atoms with Crippen LogP contribution in [0.3, 0.4) is 0 Å². The van der Waals surface area contributed by atoms with Gasteiger partial charge in [0.15, 0.2) is 0 Å². The molecule has 0 aliphatic heterocycles. The maximum absolute atomic E-state index is 5.71. The summed E-state index contributed by atoms with van der Waals surface area (Å²) in [5.41, 5.74) is 5.71. The van der Waals surface area contributed by atoms with Crippen LogP contribution >= 0.6 is 0 Å². The molecule has 0 aliphatic rings. The van der Waals surface area contributed by atoms with Crippen LogP contribution < -0.4 is 5.73 Å². The third-order valence-electron chi connectivity index (χ3n) is 3.42. The fourth-order valence-corrected chi connectivity index (χ4v) is 1.99. The first-order chi connectivity index (χ1) is 8.19. The monoisotopic (exact) mass is 244 g/mol. The van der Waals surface area contributed by atoms with Crippen molar-refractivity contribution in [1.82, 2.24) is 4.90 Å². The molecule has 104 valence electrons. The molecule has 0 radical (unpaired) electrons. The number of rotatable bonds is 11. The lowest BCUT2D eigenvalue weighted by Gasteiger charge is -2.29. The minimum absolute atomic E-state index is 0.230. The quantitative estimate of drug-likeness (QED) is 0.607. The molecule has 0 spiro atoms. The fourth-order valence-electron chi connectivity index (χ4n) is 1.99. The summed E-state index contributed by atoms with van der Waals surface area (Å²) in [6.07, 6.45) is 5.04. The highest BCUT2D eigenvalue weighted by Crippen LogP contribution is 2.08. The van der Waals surface area contributed by atoms with Crippen molar-refractivity contribution in [2.45, 2.75) is 65.5 Å². The van der Waals surface area contributed by atoms with Crippen molar-refractivity contribution in [2.24, 2.45) is 5.73 Å². The zero-order chi connectivity index (χ0) is 13.1. The van der Waals surface area contributed by atoms with Crippen LogP contribution in [0, 0.1) is 0 Å². The number of hydrogen-bond acceptors (Lipinski definition) is 3. The van der Waals surface area contributed by atoms with Crippen molar-refractivity contribution in [3.63, 3.8) is 0 Å². The van der Waals surface area contributed by atoms with E-state index in [1.807, 2.05) is 6.92 Å². The van der Waals surface area contributed by atoms with Gasteiger partial charge < -0.3 is 15.4 Å². The number of unbranched alkanes of at least 4 members (excludes halogenated alkanes) is 1. The van der Waals surface area contributed by atoms with Gasteiger partial charge in [0.05, 0.1) is 6.10 Å². The van der Waals surface area contributed by atoms with Gasteiger partial charge in [-0.05, 0) is 39.7 Å². The summed E-state index contributed by atoms with van der Waals surface area (Å²) in [5.74, 6) is 0. The highest BCUT2D eigenvalue weighted by atomic mass is 16.5. The largest absolute Gasteiger partial charge is 0.377 e. The van der Waals surface area contributed by atoms with Crippen LogP contribution in [-0.2, 0) is 4.74 Å². The Morgan fingerprint density at radius 1 is 1.18 bits per heavy atom. The number of nitrogens with two attached hydrogens (primary N) is 1. The van der Waals surface area contributed by atoms with Gasteiger partial charge in [-0.2, -0.15) is 0 Å². The molecule has 0 saturated heterocycles. The third kappa shape index (κ3) is 7.74. The van der Waals surface area contributed by atoms with Crippen molar-refractivity contribution in [3.05, 3.63) is 0 Å². The summed E-state index contributed by atoms with van der Waals surface area (Å²) in [5, 5.41) is 0. The Kier molecular flexibility index (Phi) is 10.9. The first kappa shape index (κ1) is 16.9. The molecule has 0 amide bonds. The molecule has 2 atom stereocenters. The zero-order valence-corrected chi connectivity index (χ0v) is 12.2. The molecule has 2 unspecified atom stereocenters. The van der Waals surface area contributed by atoms with Crippen LogP contribution in [0.5, 0.6) is 0 Å². The minimum Gasteiger partial charge on any atom is -0.377 e. The highest BCUT2D eigenvalue weighted by Gasteiger charge is 2.14. The van der Waals surface area contributed by atoms with Gasteiger partial charge in [0.2, 0.25) is 0 Å². The van der Waals surface area contributed by atoms with Gasteiger partial charge in [0.1, 0.15) is 0 Å². The molecule has 0 saturated carbocycles. The van der Waals surface area contributed by atoms with Crippen LogP contribution in [0.4, 0.5) is 0 Å². The van der Waals surface area contributed by atoms with E-state index < -0.39 is 0 Å². The fraction of sp³-hybridized carbons (Fsp3) is 1.00. The lowest BCUT2D eigenvalue weighted by Crippen LogP contribution is -2.37. The standard InChI is InChI=1S/C14H32N2O/c1-5-8-10-16(13(4)6-2)11-9-14(12-15)17-7-3/h13-14H,5-12,15H2,1-4H3. The molecule has 0 aromatic heterocycles. The second-order valence-electron chi connectivity index (χ2n) is 4.75. The Morgan fingerprint density at radius 3 is 2.35 bits per heavy atom. The Bertz CT molecular complexity index is 162. The number of ether oxygens (including phenoxy) is 1. The highest BCUT2D eigenvalue weighted by molar-refractivity contribution is 4.69. The molecule has 2 N–H and O–H groups in total. The molecular formula is C14H32N2O. The maximum atomic E-state index is 5.71. The number of nitrogens with zero attached hydrogens (tertiary/aromatic N) is 1. The first-order valence-corrected chi connectivity index (χ1v) is 7.25. The summed E-state index contributed by atoms with van der Waals surface area (Å²) in [7, 11) is 0. The summed E-state index contributed by atoms with van der Waals surface area (Å²) in [4.78, 5) is 2.57. The molecule has 0 aromatic carbocycles. The molecule has 0 heterocycles. The molecule has 0 aromatic rings. The second-order valence-corrected chi connectivity index (χ2v) is 4.75. The molecule has 0 rings (SSSR count). The van der Waals surface area contributed by atoms with Crippen molar-refractivity contribution >= 4 is 0 Å². The third-order valence-corrected chi connectivity index (χ3v) is 3.42. The lowest BCUT2D eigenvalue weighted by molar-refractivity contribution is 0.0500. The van der Waals surface area contributed by atoms with Gasteiger partial charge in [-0.25, -0.2) is 0 Å². The van der Waals surface area contributed by atoms with E-state index in [2.05, 4.69) is 25.7 Å². The van der Waals surface area contributed by atoms with Gasteiger partial charge in [-0.3, -0.25) is 0 Å². The Labute approximate surface area is 108 Å². The van der Waals surface area contributed by atoms with E-state index in [9.17, 15) is 0 Å². The van der Waals surface area contributed by atoms with Crippen LogP contribution in [-0.4, -0.2) is 43.3 Å². The molecule has 0 aliphatic carbocycles. The lowest BCUT2D eigenvalue weighted by atomic mass is 10.1. The molecule has 3 nitrogen and oxygen atoms in total. The van der Waals surface area contributed by atoms with Crippen LogP contribution in [0.1, 0.15) is 53.4 Å². The SMILES string of the molecule is CCCCN(CCC(CN)OCC)C(C)CC. The molecule has 3 heteroatoms. The summed E-state index contributed by atoms with van der Waals surface area (Å²) >= 11 is 0. The van der Waals surface area contributed by atoms with Gasteiger partial charge in [0, 0.05) is 25.7 Å². The average Bonchev–Trinajstić information content (AvgIpc) is 2.36. The van der Waals surface area contributed by atoms with E-state index in [1.54, 1.807) is 0 Å².